The van der Waals surface area contributed by atoms with Crippen LogP contribution in [0.25, 0.3) is 0 Å². The summed E-state index contributed by atoms with van der Waals surface area (Å²) in [7, 11) is 0. The van der Waals surface area contributed by atoms with Gasteiger partial charge >= 0.3 is 0 Å². The molecule has 1 unspecified atom stereocenters. The molecule has 1 aliphatic heterocycles. The van der Waals surface area contributed by atoms with E-state index < -0.39 is 0 Å². The standard InChI is InChI=1S/C8H10O3S2/c1-2-7(9-3-1)5-12-11-13-6-8-4-10-8/h1-3,8H,4-6H2. The van der Waals surface area contributed by atoms with E-state index in [0.717, 1.165) is 23.9 Å². The average Bonchev–Trinajstić information content (AvgIpc) is 2.81. The van der Waals surface area contributed by atoms with E-state index in [2.05, 4.69) is 0 Å². The second kappa shape index (κ2) is 4.95. The van der Waals surface area contributed by atoms with Gasteiger partial charge in [0.25, 0.3) is 0 Å². The molecule has 1 aromatic heterocycles. The summed E-state index contributed by atoms with van der Waals surface area (Å²) in [5.41, 5.74) is 0. The Labute approximate surface area is 85.6 Å². The van der Waals surface area contributed by atoms with Gasteiger partial charge in [0.1, 0.15) is 5.76 Å². The number of furan rings is 1. The van der Waals surface area contributed by atoms with Crippen molar-refractivity contribution in [3.8, 4) is 0 Å². The van der Waals surface area contributed by atoms with Crippen LogP contribution in [0.2, 0.25) is 0 Å². The number of hydrogen-bond acceptors (Lipinski definition) is 5. The van der Waals surface area contributed by atoms with Crippen molar-refractivity contribution in [3.63, 3.8) is 0 Å². The van der Waals surface area contributed by atoms with Crippen molar-refractivity contribution >= 4 is 24.1 Å². The number of hydrogen-bond donors (Lipinski definition) is 0. The molecule has 2 rings (SSSR count). The largest absolute Gasteiger partial charge is 0.468 e. The van der Waals surface area contributed by atoms with Gasteiger partial charge in [-0.05, 0) is 12.1 Å². The van der Waals surface area contributed by atoms with Gasteiger partial charge in [-0.1, -0.05) is 0 Å². The molecule has 0 bridgehead atoms. The molecule has 0 N–H and O–H groups in total. The van der Waals surface area contributed by atoms with Crippen molar-refractivity contribution in [2.45, 2.75) is 11.9 Å². The summed E-state index contributed by atoms with van der Waals surface area (Å²) in [6.45, 7) is 0.888. The summed E-state index contributed by atoms with van der Waals surface area (Å²) in [6, 6.07) is 3.81. The number of rotatable bonds is 6. The van der Waals surface area contributed by atoms with Crippen LogP contribution in [0.5, 0.6) is 0 Å². The quantitative estimate of drug-likeness (QED) is 0.416. The van der Waals surface area contributed by atoms with Crippen molar-refractivity contribution in [2.75, 3.05) is 12.4 Å². The van der Waals surface area contributed by atoms with Crippen LogP contribution in [0.4, 0.5) is 0 Å². The first-order valence-electron chi connectivity index (χ1n) is 4.00. The van der Waals surface area contributed by atoms with Crippen LogP contribution >= 0.6 is 24.1 Å². The maximum Gasteiger partial charge on any atom is 0.116 e. The highest BCUT2D eigenvalue weighted by molar-refractivity contribution is 8.07. The monoisotopic (exact) mass is 218 g/mol. The molecule has 3 nitrogen and oxygen atoms in total. The Morgan fingerprint density at radius 3 is 3.15 bits per heavy atom. The van der Waals surface area contributed by atoms with E-state index in [9.17, 15) is 0 Å². The lowest BCUT2D eigenvalue weighted by molar-refractivity contribution is 0.425. The molecule has 1 saturated heterocycles. The van der Waals surface area contributed by atoms with Gasteiger partial charge in [0.2, 0.25) is 0 Å². The van der Waals surface area contributed by atoms with Crippen LogP contribution in [0.1, 0.15) is 5.76 Å². The summed E-state index contributed by atoms with van der Waals surface area (Å²) >= 11 is 2.84. The molecule has 0 aromatic carbocycles. The molecule has 1 fully saturated rings. The van der Waals surface area contributed by atoms with E-state index in [1.54, 1.807) is 6.26 Å². The van der Waals surface area contributed by atoms with E-state index >= 15 is 0 Å². The van der Waals surface area contributed by atoms with Crippen molar-refractivity contribution < 1.29 is 12.8 Å². The second-order valence-electron chi connectivity index (χ2n) is 2.65. The lowest BCUT2D eigenvalue weighted by Gasteiger charge is -1.97. The van der Waals surface area contributed by atoms with Gasteiger partial charge in [0.05, 0.1) is 24.7 Å². The predicted octanol–water partition coefficient (Wildman–Crippen LogP) is 2.49. The third-order valence-corrected chi connectivity index (χ3v) is 3.21. The highest BCUT2D eigenvalue weighted by Gasteiger charge is 2.22. The zero-order valence-corrected chi connectivity index (χ0v) is 8.60. The van der Waals surface area contributed by atoms with Gasteiger partial charge < -0.3 is 9.15 Å². The summed E-state index contributed by atoms with van der Waals surface area (Å²) in [5, 5.41) is 0. The minimum Gasteiger partial charge on any atom is -0.468 e. The molecule has 13 heavy (non-hydrogen) atoms. The Kier molecular flexibility index (Phi) is 3.60. The first-order valence-corrected chi connectivity index (χ1v) is 5.82. The van der Waals surface area contributed by atoms with Crippen LogP contribution in [-0.4, -0.2) is 18.5 Å². The lowest BCUT2D eigenvalue weighted by Crippen LogP contribution is -1.87. The molecule has 72 valence electrons. The Hall–Kier alpha value is -0.100. The Balaban J connectivity index is 1.48. The van der Waals surface area contributed by atoms with Crippen molar-refractivity contribution in [3.05, 3.63) is 24.2 Å². The molecule has 5 heteroatoms. The van der Waals surface area contributed by atoms with Gasteiger partial charge in [0, 0.05) is 29.8 Å². The van der Waals surface area contributed by atoms with Crippen LogP contribution in [-0.2, 0) is 14.1 Å². The normalized spacial score (nSPS) is 20.5. The van der Waals surface area contributed by atoms with Crippen LogP contribution in [0.15, 0.2) is 22.8 Å². The van der Waals surface area contributed by atoms with Gasteiger partial charge in [-0.15, -0.1) is 0 Å². The molecule has 0 radical (unpaired) electrons. The Morgan fingerprint density at radius 2 is 2.46 bits per heavy atom. The van der Waals surface area contributed by atoms with Crippen LogP contribution < -0.4 is 0 Å². The molecular weight excluding hydrogens is 208 g/mol. The fourth-order valence-electron chi connectivity index (χ4n) is 0.779. The molecule has 1 aromatic rings. The molecule has 0 spiro atoms. The smallest absolute Gasteiger partial charge is 0.116 e. The highest BCUT2D eigenvalue weighted by atomic mass is 32.2. The summed E-state index contributed by atoms with van der Waals surface area (Å²) < 4.78 is 15.4. The van der Waals surface area contributed by atoms with Crippen LogP contribution in [0.3, 0.4) is 0 Å². The summed E-state index contributed by atoms with van der Waals surface area (Å²) in [4.78, 5) is 0. The zero-order chi connectivity index (χ0) is 8.93. The zero-order valence-electron chi connectivity index (χ0n) is 6.97. The Bertz CT molecular complexity index is 234. The van der Waals surface area contributed by atoms with Crippen LogP contribution in [0, 0.1) is 0 Å². The number of epoxide rings is 1. The van der Waals surface area contributed by atoms with E-state index in [4.69, 9.17) is 12.8 Å². The van der Waals surface area contributed by atoms with Gasteiger partial charge in [-0.2, -0.15) is 0 Å². The third kappa shape index (κ3) is 3.64. The molecule has 1 atom stereocenters. The first kappa shape index (κ1) is 9.45. The predicted molar refractivity (Wildman–Crippen MR) is 53.3 cm³/mol. The fourth-order valence-corrected chi connectivity index (χ4v) is 2.09. The first-order chi connectivity index (χ1) is 6.45. The molecule has 1 aliphatic rings. The van der Waals surface area contributed by atoms with Gasteiger partial charge in [-0.25, -0.2) is 3.63 Å². The molecule has 0 aliphatic carbocycles. The topological polar surface area (TPSA) is 34.9 Å². The van der Waals surface area contributed by atoms with Gasteiger partial charge in [-0.3, -0.25) is 0 Å². The summed E-state index contributed by atoms with van der Waals surface area (Å²) in [6.07, 6.45) is 2.09. The maximum atomic E-state index is 5.25. The molecule has 2 heterocycles. The van der Waals surface area contributed by atoms with Crippen molar-refractivity contribution in [1.29, 1.82) is 0 Å². The lowest BCUT2D eigenvalue weighted by atomic mass is 10.5. The minimum absolute atomic E-state index is 0.425. The molecular formula is C8H10O3S2. The second-order valence-corrected chi connectivity index (χ2v) is 4.29. The Morgan fingerprint density at radius 1 is 1.54 bits per heavy atom. The highest BCUT2D eigenvalue weighted by Crippen LogP contribution is 2.23. The van der Waals surface area contributed by atoms with E-state index in [-0.39, 0.29) is 0 Å². The molecule has 0 amide bonds. The van der Waals surface area contributed by atoms with E-state index in [0.29, 0.717) is 6.10 Å². The van der Waals surface area contributed by atoms with Crippen molar-refractivity contribution in [1.82, 2.24) is 0 Å². The van der Waals surface area contributed by atoms with E-state index in [1.807, 2.05) is 12.1 Å². The van der Waals surface area contributed by atoms with Gasteiger partial charge in [0.15, 0.2) is 0 Å². The SMILES string of the molecule is c1coc(CSOSCC2CO2)c1. The summed E-state index contributed by atoms with van der Waals surface area (Å²) in [5.74, 6) is 2.62. The number of ether oxygens (including phenoxy) is 1. The fraction of sp³-hybridized carbons (Fsp3) is 0.500. The van der Waals surface area contributed by atoms with E-state index in [1.165, 1.54) is 24.1 Å². The third-order valence-electron chi connectivity index (χ3n) is 1.53. The maximum absolute atomic E-state index is 5.25. The molecule has 0 saturated carbocycles. The average molecular weight is 218 g/mol. The van der Waals surface area contributed by atoms with Crippen molar-refractivity contribution in [2.24, 2.45) is 0 Å². The minimum atomic E-state index is 0.425.